The van der Waals surface area contributed by atoms with E-state index in [1.807, 2.05) is 0 Å². The van der Waals surface area contributed by atoms with E-state index in [0.717, 1.165) is 6.42 Å². The van der Waals surface area contributed by atoms with Crippen molar-refractivity contribution in [3.05, 3.63) is 334 Å². The zero-order valence-electron chi connectivity index (χ0n) is 40.2. The molecule has 0 spiro atoms. The molecule has 0 N–H and O–H groups in total. The summed E-state index contributed by atoms with van der Waals surface area (Å²) in [6.07, 6.45) is 0.846. The topological polar surface area (TPSA) is 0 Å². The minimum absolute atomic E-state index is 0.427. The van der Waals surface area contributed by atoms with Crippen LogP contribution < -0.4 is 0 Å². The van der Waals surface area contributed by atoms with Gasteiger partial charge in [0.2, 0.25) is 0 Å². The zero-order valence-corrected chi connectivity index (χ0v) is 40.2. The fourth-order valence-corrected chi connectivity index (χ4v) is 12.8. The minimum Gasteiger partial charge on any atom is -0.0622 e. The Bertz CT molecular complexity index is 4010. The molecule has 12 aromatic rings. The third-order valence-corrected chi connectivity index (χ3v) is 16.1. The molecule has 14 rings (SSSR count). The largest absolute Gasteiger partial charge is 0.0713 e. The van der Waals surface area contributed by atoms with Gasteiger partial charge in [-0.15, -0.1) is 0 Å². The number of hydrogen-bond acceptors (Lipinski definition) is 0. The lowest BCUT2D eigenvalue weighted by Crippen LogP contribution is -2.28. The van der Waals surface area contributed by atoms with Gasteiger partial charge >= 0.3 is 0 Å². The molecule has 0 saturated heterocycles. The molecular weight excluding hydrogens is 865 g/mol. The monoisotopic (exact) mass is 914 g/mol. The van der Waals surface area contributed by atoms with Gasteiger partial charge in [0, 0.05) is 0 Å². The van der Waals surface area contributed by atoms with Crippen molar-refractivity contribution >= 4 is 21.5 Å². The van der Waals surface area contributed by atoms with Gasteiger partial charge in [0.25, 0.3) is 0 Å². The molecule has 2 aliphatic carbocycles. The van der Waals surface area contributed by atoms with Crippen LogP contribution in [0.3, 0.4) is 0 Å². The van der Waals surface area contributed by atoms with Crippen LogP contribution in [-0.2, 0) is 17.3 Å². The average molecular weight is 915 g/mol. The summed E-state index contributed by atoms with van der Waals surface area (Å²) in [6, 6.07) is 103. The molecule has 0 radical (unpaired) electrons. The SMILES string of the molecule is Cc1ccc(C2(c3ccc(Cc4ccc5cc(-c6cccc7c6-c6ccccc6C7(c6ccccc6)c6ccccc6)ccc5c4)cc3)c3ccccc3-c3ccc(-c4ccc5ccccc5c4)cc32)cc1. The first-order valence-electron chi connectivity index (χ1n) is 25.3. The molecule has 72 heavy (non-hydrogen) atoms. The molecule has 1 atom stereocenters. The highest BCUT2D eigenvalue weighted by atomic mass is 14.5. The average Bonchev–Trinajstić information content (AvgIpc) is 3.92. The van der Waals surface area contributed by atoms with Gasteiger partial charge in [-0.25, -0.2) is 0 Å². The molecule has 0 bridgehead atoms. The van der Waals surface area contributed by atoms with E-state index >= 15 is 0 Å². The van der Waals surface area contributed by atoms with E-state index in [9.17, 15) is 0 Å². The Morgan fingerprint density at radius 3 is 1.47 bits per heavy atom. The maximum atomic E-state index is 2.47. The van der Waals surface area contributed by atoms with Gasteiger partial charge in [-0.3, -0.25) is 0 Å². The van der Waals surface area contributed by atoms with E-state index in [4.69, 9.17) is 0 Å². The summed E-state index contributed by atoms with van der Waals surface area (Å²) in [6.45, 7) is 2.18. The molecule has 2 aliphatic rings. The number of rotatable bonds is 8. The van der Waals surface area contributed by atoms with Gasteiger partial charge in [0.1, 0.15) is 0 Å². The first-order chi connectivity index (χ1) is 35.6. The molecule has 0 amide bonds. The lowest BCUT2D eigenvalue weighted by Gasteiger charge is -2.34. The third-order valence-electron chi connectivity index (χ3n) is 16.1. The summed E-state index contributed by atoms with van der Waals surface area (Å²) in [7, 11) is 0. The predicted molar refractivity (Wildman–Crippen MR) is 301 cm³/mol. The molecule has 1 unspecified atom stereocenters. The van der Waals surface area contributed by atoms with Crippen LogP contribution in [0.4, 0.5) is 0 Å². The van der Waals surface area contributed by atoms with Crippen LogP contribution in [-0.4, -0.2) is 0 Å². The van der Waals surface area contributed by atoms with Crippen molar-refractivity contribution < 1.29 is 0 Å². The van der Waals surface area contributed by atoms with Crippen molar-refractivity contribution in [3.8, 4) is 44.5 Å². The molecule has 0 heterocycles. The Kier molecular flexibility index (Phi) is 9.73. The molecule has 0 aromatic heterocycles. The number of aryl methyl sites for hydroxylation is 1. The molecule has 12 aromatic carbocycles. The second kappa shape index (κ2) is 16.7. The number of benzene rings is 12. The van der Waals surface area contributed by atoms with Crippen LogP contribution in [0.15, 0.2) is 273 Å². The third kappa shape index (κ3) is 6.39. The second-order valence-electron chi connectivity index (χ2n) is 20.0. The molecular formula is C72H50. The molecule has 0 saturated carbocycles. The van der Waals surface area contributed by atoms with Gasteiger partial charge in [-0.05, 0) is 153 Å². The van der Waals surface area contributed by atoms with Gasteiger partial charge < -0.3 is 0 Å². The molecule has 0 fully saturated rings. The summed E-state index contributed by atoms with van der Waals surface area (Å²) in [5.74, 6) is 0. The Labute approximate surface area is 422 Å². The first-order valence-corrected chi connectivity index (χ1v) is 25.3. The van der Waals surface area contributed by atoms with Crippen molar-refractivity contribution in [2.24, 2.45) is 0 Å². The minimum atomic E-state index is -0.489. The Hall–Kier alpha value is -8.84. The van der Waals surface area contributed by atoms with Crippen molar-refractivity contribution in [2.45, 2.75) is 24.2 Å². The van der Waals surface area contributed by atoms with E-state index in [-0.39, 0.29) is 0 Å². The van der Waals surface area contributed by atoms with Crippen molar-refractivity contribution in [1.82, 2.24) is 0 Å². The van der Waals surface area contributed by atoms with Gasteiger partial charge in [-0.1, -0.05) is 260 Å². The highest BCUT2D eigenvalue weighted by molar-refractivity contribution is 5.98. The lowest BCUT2D eigenvalue weighted by molar-refractivity contribution is 0.767. The van der Waals surface area contributed by atoms with Crippen LogP contribution in [0.5, 0.6) is 0 Å². The zero-order chi connectivity index (χ0) is 47.8. The van der Waals surface area contributed by atoms with E-state index in [2.05, 4.69) is 280 Å². The Morgan fingerprint density at radius 2 is 0.722 bits per heavy atom. The summed E-state index contributed by atoms with van der Waals surface area (Å²) in [5.41, 5.74) is 23.6. The van der Waals surface area contributed by atoms with Crippen molar-refractivity contribution in [3.63, 3.8) is 0 Å². The molecule has 0 aliphatic heterocycles. The Balaban J connectivity index is 0.825. The van der Waals surface area contributed by atoms with Crippen molar-refractivity contribution in [2.75, 3.05) is 0 Å². The van der Waals surface area contributed by atoms with Crippen LogP contribution in [0.25, 0.3) is 66.1 Å². The fraction of sp³-hybridized carbons (Fsp3) is 0.0556. The fourth-order valence-electron chi connectivity index (χ4n) is 12.8. The molecule has 0 nitrogen and oxygen atoms in total. The predicted octanol–water partition coefficient (Wildman–Crippen LogP) is 18.0. The highest BCUT2D eigenvalue weighted by Gasteiger charge is 2.48. The standard InChI is InChI=1S/C72H50/c1-48-27-38-60(39-28-48)72(66-24-12-10-21-63(66)64-42-37-56(47-69(64)72)55-34-33-51-15-8-9-16-52(51)45-55)61-40-30-49(31-41-61)43-50-29-32-54-46-57(36-35-53(54)44-50)62-23-14-26-68-70(62)65-22-11-13-25-67(65)71(68,58-17-4-2-5-18-58)59-19-6-3-7-20-59/h2-42,44-47H,43H2,1H3. The highest BCUT2D eigenvalue weighted by Crippen LogP contribution is 2.59. The maximum absolute atomic E-state index is 2.47. The maximum Gasteiger partial charge on any atom is 0.0713 e. The van der Waals surface area contributed by atoms with E-state index in [1.165, 1.54) is 127 Å². The molecule has 338 valence electrons. The van der Waals surface area contributed by atoms with Crippen molar-refractivity contribution in [1.29, 1.82) is 0 Å². The smallest absolute Gasteiger partial charge is 0.0622 e. The second-order valence-corrected chi connectivity index (χ2v) is 20.0. The number of hydrogen-bond donors (Lipinski definition) is 0. The van der Waals surface area contributed by atoms with Crippen LogP contribution in [0.2, 0.25) is 0 Å². The first kappa shape index (κ1) is 42.1. The van der Waals surface area contributed by atoms with Gasteiger partial charge in [0.05, 0.1) is 10.8 Å². The van der Waals surface area contributed by atoms with Gasteiger partial charge in [-0.2, -0.15) is 0 Å². The quantitative estimate of drug-likeness (QED) is 0.142. The lowest BCUT2D eigenvalue weighted by atomic mass is 9.67. The van der Waals surface area contributed by atoms with E-state index < -0.39 is 10.8 Å². The van der Waals surface area contributed by atoms with Gasteiger partial charge in [0.15, 0.2) is 0 Å². The summed E-state index contributed by atoms with van der Waals surface area (Å²) in [4.78, 5) is 0. The summed E-state index contributed by atoms with van der Waals surface area (Å²) >= 11 is 0. The van der Waals surface area contributed by atoms with E-state index in [1.54, 1.807) is 0 Å². The van der Waals surface area contributed by atoms with E-state index in [0.29, 0.717) is 0 Å². The van der Waals surface area contributed by atoms with Crippen LogP contribution in [0, 0.1) is 6.92 Å². The normalized spacial score (nSPS) is 15.0. The summed E-state index contributed by atoms with van der Waals surface area (Å²) < 4.78 is 0. The van der Waals surface area contributed by atoms with Crippen LogP contribution >= 0.6 is 0 Å². The summed E-state index contributed by atoms with van der Waals surface area (Å²) in [5, 5.41) is 5.01. The van der Waals surface area contributed by atoms with Crippen LogP contribution in [0.1, 0.15) is 61.2 Å². The Morgan fingerprint density at radius 1 is 0.264 bits per heavy atom. The molecule has 0 heteroatoms. The number of fused-ring (bicyclic) bond motifs is 8.